The average molecular weight is 201 g/mol. The Kier molecular flexibility index (Phi) is 4.43. The van der Waals surface area contributed by atoms with Gasteiger partial charge < -0.3 is 4.74 Å². The second-order valence-corrected chi connectivity index (χ2v) is 3.44. The average Bonchev–Trinajstić information content (AvgIpc) is 2.27. The van der Waals surface area contributed by atoms with Crippen molar-refractivity contribution in [2.45, 2.75) is 19.8 Å². The van der Waals surface area contributed by atoms with Gasteiger partial charge in [0.25, 0.3) is 0 Å². The van der Waals surface area contributed by atoms with Crippen LogP contribution in [0.4, 0.5) is 0 Å². The summed E-state index contributed by atoms with van der Waals surface area (Å²) in [6.07, 6.45) is 3.35. The maximum Gasteiger partial charge on any atom is 0.118 e. The Morgan fingerprint density at radius 1 is 1.40 bits per heavy atom. The minimum Gasteiger partial charge on any atom is -0.497 e. The van der Waals surface area contributed by atoms with Crippen molar-refractivity contribution in [3.8, 4) is 11.8 Å². The first-order chi connectivity index (χ1) is 7.26. The second-order valence-electron chi connectivity index (χ2n) is 3.44. The van der Waals surface area contributed by atoms with Gasteiger partial charge in [-0.25, -0.2) is 0 Å². The number of hydrogen-bond acceptors (Lipinski definition) is 2. The number of ether oxygens (including phenoxy) is 1. The van der Waals surface area contributed by atoms with Gasteiger partial charge in [0, 0.05) is 0 Å². The molecule has 0 spiro atoms. The van der Waals surface area contributed by atoms with E-state index in [4.69, 9.17) is 10.00 Å². The van der Waals surface area contributed by atoms with Crippen LogP contribution >= 0.6 is 0 Å². The van der Waals surface area contributed by atoms with Gasteiger partial charge >= 0.3 is 0 Å². The number of nitriles is 1. The van der Waals surface area contributed by atoms with Gasteiger partial charge in [-0.1, -0.05) is 23.8 Å². The Morgan fingerprint density at radius 2 is 2.07 bits per heavy atom. The fourth-order valence-electron chi connectivity index (χ4n) is 1.36. The molecule has 1 aromatic rings. The van der Waals surface area contributed by atoms with Crippen molar-refractivity contribution in [3.63, 3.8) is 0 Å². The lowest BCUT2D eigenvalue weighted by Gasteiger charge is -2.03. The summed E-state index contributed by atoms with van der Waals surface area (Å²) < 4.78 is 5.08. The highest BCUT2D eigenvalue weighted by atomic mass is 16.5. The molecule has 0 heterocycles. The third-order valence-corrected chi connectivity index (χ3v) is 2.18. The SMILES string of the molecule is COc1ccc(CC(C)=CCC#N)cc1. The van der Waals surface area contributed by atoms with E-state index < -0.39 is 0 Å². The van der Waals surface area contributed by atoms with E-state index in [0.29, 0.717) is 6.42 Å². The lowest BCUT2D eigenvalue weighted by molar-refractivity contribution is 0.414. The fraction of sp³-hybridized carbons (Fsp3) is 0.308. The largest absolute Gasteiger partial charge is 0.497 e. The predicted octanol–water partition coefficient (Wildman–Crippen LogP) is 3.10. The van der Waals surface area contributed by atoms with Crippen molar-refractivity contribution in [1.29, 1.82) is 5.26 Å². The Bertz CT molecular complexity index is 371. The molecule has 0 radical (unpaired) electrons. The summed E-state index contributed by atoms with van der Waals surface area (Å²) >= 11 is 0. The van der Waals surface area contributed by atoms with Crippen LogP contribution in [0.25, 0.3) is 0 Å². The molecular formula is C13H15NO. The molecule has 0 aromatic heterocycles. The number of benzene rings is 1. The number of rotatable bonds is 4. The van der Waals surface area contributed by atoms with Crippen LogP contribution in [0.15, 0.2) is 35.9 Å². The molecule has 0 aliphatic carbocycles. The third-order valence-electron chi connectivity index (χ3n) is 2.18. The second kappa shape index (κ2) is 5.87. The zero-order chi connectivity index (χ0) is 11.1. The van der Waals surface area contributed by atoms with Crippen LogP contribution in [0, 0.1) is 11.3 Å². The normalized spacial score (nSPS) is 10.9. The maximum atomic E-state index is 8.44. The first-order valence-electron chi connectivity index (χ1n) is 4.91. The van der Waals surface area contributed by atoms with Crippen LogP contribution in [0.1, 0.15) is 18.9 Å². The Hall–Kier alpha value is -1.75. The zero-order valence-corrected chi connectivity index (χ0v) is 9.16. The molecular weight excluding hydrogens is 186 g/mol. The van der Waals surface area contributed by atoms with Crippen molar-refractivity contribution in [2.24, 2.45) is 0 Å². The van der Waals surface area contributed by atoms with Crippen LogP contribution in [0.5, 0.6) is 5.75 Å². The van der Waals surface area contributed by atoms with E-state index in [9.17, 15) is 0 Å². The summed E-state index contributed by atoms with van der Waals surface area (Å²) in [5, 5.41) is 8.44. The Balaban J connectivity index is 2.61. The molecule has 2 heteroatoms. The highest BCUT2D eigenvalue weighted by Crippen LogP contribution is 2.14. The summed E-state index contributed by atoms with van der Waals surface area (Å²) in [7, 11) is 1.66. The maximum absolute atomic E-state index is 8.44. The van der Waals surface area contributed by atoms with E-state index >= 15 is 0 Å². The molecule has 0 saturated carbocycles. The van der Waals surface area contributed by atoms with Crippen LogP contribution in [0.2, 0.25) is 0 Å². The van der Waals surface area contributed by atoms with E-state index in [1.54, 1.807) is 7.11 Å². The first kappa shape index (κ1) is 11.3. The summed E-state index contributed by atoms with van der Waals surface area (Å²) in [4.78, 5) is 0. The van der Waals surface area contributed by atoms with Gasteiger partial charge in [-0.15, -0.1) is 0 Å². The van der Waals surface area contributed by atoms with Crippen LogP contribution in [-0.2, 0) is 6.42 Å². The minimum atomic E-state index is 0.488. The van der Waals surface area contributed by atoms with Gasteiger partial charge in [-0.05, 0) is 31.0 Å². The van der Waals surface area contributed by atoms with Crippen molar-refractivity contribution < 1.29 is 4.74 Å². The highest BCUT2D eigenvalue weighted by Gasteiger charge is 1.95. The Labute approximate surface area is 90.8 Å². The van der Waals surface area contributed by atoms with E-state index in [2.05, 4.69) is 6.07 Å². The Morgan fingerprint density at radius 3 is 2.60 bits per heavy atom. The van der Waals surface area contributed by atoms with Gasteiger partial charge in [0.2, 0.25) is 0 Å². The van der Waals surface area contributed by atoms with Crippen molar-refractivity contribution >= 4 is 0 Å². The molecule has 0 aliphatic rings. The minimum absolute atomic E-state index is 0.488. The predicted molar refractivity (Wildman–Crippen MR) is 60.7 cm³/mol. The van der Waals surface area contributed by atoms with Crippen LogP contribution < -0.4 is 4.74 Å². The summed E-state index contributed by atoms with van der Waals surface area (Å²) in [6.45, 7) is 2.04. The monoisotopic (exact) mass is 201 g/mol. The third kappa shape index (κ3) is 3.86. The van der Waals surface area contributed by atoms with Crippen LogP contribution in [-0.4, -0.2) is 7.11 Å². The lowest BCUT2D eigenvalue weighted by atomic mass is 10.1. The summed E-state index contributed by atoms with van der Waals surface area (Å²) in [5.74, 6) is 0.873. The van der Waals surface area contributed by atoms with Crippen molar-refractivity contribution in [1.82, 2.24) is 0 Å². The molecule has 15 heavy (non-hydrogen) atoms. The zero-order valence-electron chi connectivity index (χ0n) is 9.16. The molecule has 0 atom stereocenters. The molecule has 1 aromatic carbocycles. The summed E-state index contributed by atoms with van der Waals surface area (Å²) in [6, 6.07) is 10.1. The van der Waals surface area contributed by atoms with Crippen molar-refractivity contribution in [3.05, 3.63) is 41.5 Å². The molecule has 0 bridgehead atoms. The van der Waals surface area contributed by atoms with E-state index in [1.807, 2.05) is 37.3 Å². The molecule has 0 N–H and O–H groups in total. The number of methoxy groups -OCH3 is 1. The quantitative estimate of drug-likeness (QED) is 0.701. The number of hydrogen-bond donors (Lipinski definition) is 0. The molecule has 2 nitrogen and oxygen atoms in total. The van der Waals surface area contributed by atoms with E-state index in [-0.39, 0.29) is 0 Å². The van der Waals surface area contributed by atoms with Crippen LogP contribution in [0.3, 0.4) is 0 Å². The topological polar surface area (TPSA) is 33.0 Å². The molecule has 0 saturated heterocycles. The first-order valence-corrected chi connectivity index (χ1v) is 4.91. The molecule has 0 amide bonds. The van der Waals surface area contributed by atoms with E-state index in [1.165, 1.54) is 11.1 Å². The smallest absolute Gasteiger partial charge is 0.118 e. The van der Waals surface area contributed by atoms with E-state index in [0.717, 1.165) is 12.2 Å². The van der Waals surface area contributed by atoms with Gasteiger partial charge in [0.15, 0.2) is 0 Å². The molecule has 1 rings (SSSR count). The lowest BCUT2D eigenvalue weighted by Crippen LogP contribution is -1.88. The molecule has 0 aliphatic heterocycles. The fourth-order valence-corrected chi connectivity index (χ4v) is 1.36. The number of nitrogens with zero attached hydrogens (tertiary/aromatic N) is 1. The standard InChI is InChI=1S/C13H15NO/c1-11(4-3-9-14)10-12-5-7-13(15-2)8-6-12/h4-8H,3,10H2,1-2H3. The summed E-state index contributed by atoms with van der Waals surface area (Å²) in [5.41, 5.74) is 2.46. The highest BCUT2D eigenvalue weighted by molar-refractivity contribution is 5.29. The van der Waals surface area contributed by atoms with Gasteiger partial charge in [0.05, 0.1) is 19.6 Å². The van der Waals surface area contributed by atoms with Gasteiger partial charge in [0.1, 0.15) is 5.75 Å². The van der Waals surface area contributed by atoms with Crippen molar-refractivity contribution in [2.75, 3.05) is 7.11 Å². The molecule has 78 valence electrons. The van der Waals surface area contributed by atoms with Gasteiger partial charge in [-0.3, -0.25) is 0 Å². The molecule has 0 unspecified atom stereocenters. The number of allylic oxidation sites excluding steroid dienone is 2. The van der Waals surface area contributed by atoms with Gasteiger partial charge in [-0.2, -0.15) is 5.26 Å². The molecule has 0 fully saturated rings.